The van der Waals surface area contributed by atoms with E-state index in [-0.39, 0.29) is 5.82 Å². The van der Waals surface area contributed by atoms with Crippen LogP contribution in [0.25, 0.3) is 0 Å². The van der Waals surface area contributed by atoms with Crippen LogP contribution in [0.2, 0.25) is 0 Å². The Morgan fingerprint density at radius 2 is 1.67 bits per heavy atom. The van der Waals surface area contributed by atoms with Crippen LogP contribution in [0.1, 0.15) is 5.56 Å². The first-order valence-corrected chi connectivity index (χ1v) is 4.98. The van der Waals surface area contributed by atoms with Crippen LogP contribution in [0, 0.1) is 5.82 Å². The molecule has 3 nitrogen and oxygen atoms in total. The summed E-state index contributed by atoms with van der Waals surface area (Å²) < 4.78 is 12.6. The number of hydrogen-bond donors (Lipinski definition) is 2. The van der Waals surface area contributed by atoms with Crippen molar-refractivity contribution >= 4 is 0 Å². The minimum Gasteiger partial charge on any atom is -0.389 e. The number of β-amino-alcohol motifs (C(OH)–C–C–N with tert-alkyl or cyclic N) is 2. The summed E-state index contributed by atoms with van der Waals surface area (Å²) in [5, 5.41) is 18.7. The molecule has 1 heterocycles. The number of likely N-dealkylation sites (tertiary alicyclic amines) is 1. The lowest BCUT2D eigenvalue weighted by Gasteiger charge is -2.14. The van der Waals surface area contributed by atoms with Crippen LogP contribution in [0.4, 0.5) is 4.39 Å². The second kappa shape index (κ2) is 4.26. The molecule has 1 saturated heterocycles. The molecule has 1 aromatic carbocycles. The summed E-state index contributed by atoms with van der Waals surface area (Å²) in [6.45, 7) is 1.57. The molecule has 15 heavy (non-hydrogen) atoms. The molecule has 0 aromatic heterocycles. The standard InChI is InChI=1S/C11H14FNO2/c12-9-3-1-8(2-4-9)5-13-6-10(14)11(15)7-13/h1-4,10-11,14-15H,5-7H2/t10-,11+. The fraction of sp³-hybridized carbons (Fsp3) is 0.455. The third-order valence-corrected chi connectivity index (χ3v) is 2.65. The largest absolute Gasteiger partial charge is 0.389 e. The zero-order valence-corrected chi connectivity index (χ0v) is 8.31. The van der Waals surface area contributed by atoms with Gasteiger partial charge in [-0.1, -0.05) is 12.1 Å². The van der Waals surface area contributed by atoms with Crippen molar-refractivity contribution in [2.24, 2.45) is 0 Å². The van der Waals surface area contributed by atoms with Crippen LogP contribution < -0.4 is 0 Å². The number of aliphatic hydroxyl groups is 2. The van der Waals surface area contributed by atoms with Gasteiger partial charge in [0, 0.05) is 19.6 Å². The summed E-state index contributed by atoms with van der Waals surface area (Å²) in [6, 6.07) is 6.26. The van der Waals surface area contributed by atoms with Gasteiger partial charge in [-0.15, -0.1) is 0 Å². The Hall–Kier alpha value is -0.970. The Bertz CT molecular complexity index is 318. The van der Waals surface area contributed by atoms with Gasteiger partial charge in [-0.25, -0.2) is 4.39 Å². The normalized spacial score (nSPS) is 27.1. The molecule has 0 amide bonds. The van der Waals surface area contributed by atoms with Crippen LogP contribution in [0.5, 0.6) is 0 Å². The Kier molecular flexibility index (Phi) is 3.00. The highest BCUT2D eigenvalue weighted by atomic mass is 19.1. The van der Waals surface area contributed by atoms with Crippen molar-refractivity contribution in [3.05, 3.63) is 35.6 Å². The molecule has 1 aliphatic heterocycles. The van der Waals surface area contributed by atoms with Gasteiger partial charge < -0.3 is 10.2 Å². The van der Waals surface area contributed by atoms with Gasteiger partial charge >= 0.3 is 0 Å². The maximum Gasteiger partial charge on any atom is 0.123 e. The minimum atomic E-state index is -0.662. The monoisotopic (exact) mass is 211 g/mol. The van der Waals surface area contributed by atoms with E-state index in [1.165, 1.54) is 12.1 Å². The van der Waals surface area contributed by atoms with Crippen LogP contribution >= 0.6 is 0 Å². The molecule has 0 radical (unpaired) electrons. The summed E-state index contributed by atoms with van der Waals surface area (Å²) in [5.41, 5.74) is 0.984. The van der Waals surface area contributed by atoms with Crippen molar-refractivity contribution in [2.75, 3.05) is 13.1 Å². The zero-order chi connectivity index (χ0) is 10.8. The van der Waals surface area contributed by atoms with Crippen LogP contribution in [-0.4, -0.2) is 40.4 Å². The molecule has 1 aliphatic rings. The highest BCUT2D eigenvalue weighted by Gasteiger charge is 2.29. The van der Waals surface area contributed by atoms with Gasteiger partial charge in [-0.3, -0.25) is 4.90 Å². The highest BCUT2D eigenvalue weighted by molar-refractivity contribution is 5.16. The maximum absolute atomic E-state index is 12.6. The molecule has 0 saturated carbocycles. The molecule has 0 spiro atoms. The van der Waals surface area contributed by atoms with Gasteiger partial charge in [0.25, 0.3) is 0 Å². The zero-order valence-electron chi connectivity index (χ0n) is 8.31. The van der Waals surface area contributed by atoms with E-state index in [2.05, 4.69) is 0 Å². The summed E-state index contributed by atoms with van der Waals surface area (Å²) >= 11 is 0. The van der Waals surface area contributed by atoms with Crippen molar-refractivity contribution in [2.45, 2.75) is 18.8 Å². The molecule has 1 fully saturated rings. The van der Waals surface area contributed by atoms with E-state index in [1.807, 2.05) is 4.90 Å². The second-order valence-corrected chi connectivity index (χ2v) is 3.96. The third kappa shape index (κ3) is 2.53. The highest BCUT2D eigenvalue weighted by Crippen LogP contribution is 2.14. The summed E-state index contributed by atoms with van der Waals surface area (Å²) in [4.78, 5) is 1.95. The molecular formula is C11H14FNO2. The van der Waals surface area contributed by atoms with Crippen molar-refractivity contribution in [3.8, 4) is 0 Å². The molecule has 2 atom stereocenters. The minimum absolute atomic E-state index is 0.250. The number of aliphatic hydroxyl groups excluding tert-OH is 2. The average molecular weight is 211 g/mol. The van der Waals surface area contributed by atoms with E-state index in [0.717, 1.165) is 5.56 Å². The lowest BCUT2D eigenvalue weighted by atomic mass is 10.2. The SMILES string of the molecule is O[C@@H]1CN(Cc2ccc(F)cc2)C[C@@H]1O. The van der Waals surface area contributed by atoms with Crippen molar-refractivity contribution in [1.29, 1.82) is 0 Å². The Morgan fingerprint density at radius 1 is 1.13 bits per heavy atom. The molecule has 4 heteroatoms. The van der Waals surface area contributed by atoms with E-state index in [4.69, 9.17) is 0 Å². The quantitative estimate of drug-likeness (QED) is 0.742. The molecule has 82 valence electrons. The van der Waals surface area contributed by atoms with Crippen LogP contribution in [-0.2, 0) is 6.54 Å². The molecule has 2 rings (SSSR count). The Morgan fingerprint density at radius 3 is 2.20 bits per heavy atom. The Balaban J connectivity index is 1.95. The summed E-state index contributed by atoms with van der Waals surface area (Å²) in [5.74, 6) is -0.250. The topological polar surface area (TPSA) is 43.7 Å². The van der Waals surface area contributed by atoms with Gasteiger partial charge in [0.1, 0.15) is 5.82 Å². The molecule has 0 aliphatic carbocycles. The van der Waals surface area contributed by atoms with Crippen LogP contribution in [0.15, 0.2) is 24.3 Å². The predicted molar refractivity (Wildman–Crippen MR) is 53.7 cm³/mol. The van der Waals surface area contributed by atoms with Gasteiger partial charge in [0.15, 0.2) is 0 Å². The number of rotatable bonds is 2. The molecule has 2 N–H and O–H groups in total. The number of nitrogens with zero attached hydrogens (tertiary/aromatic N) is 1. The van der Waals surface area contributed by atoms with E-state index in [9.17, 15) is 14.6 Å². The van der Waals surface area contributed by atoms with Crippen molar-refractivity contribution < 1.29 is 14.6 Å². The molecule has 0 bridgehead atoms. The van der Waals surface area contributed by atoms with E-state index >= 15 is 0 Å². The number of benzene rings is 1. The van der Waals surface area contributed by atoms with Crippen LogP contribution in [0.3, 0.4) is 0 Å². The molecule has 0 unspecified atom stereocenters. The van der Waals surface area contributed by atoms with Gasteiger partial charge in [0.2, 0.25) is 0 Å². The van der Waals surface area contributed by atoms with Gasteiger partial charge in [-0.05, 0) is 17.7 Å². The maximum atomic E-state index is 12.6. The summed E-state index contributed by atoms with van der Waals surface area (Å²) in [6.07, 6.45) is -1.32. The van der Waals surface area contributed by atoms with Gasteiger partial charge in [-0.2, -0.15) is 0 Å². The average Bonchev–Trinajstić information content (AvgIpc) is 2.50. The smallest absolute Gasteiger partial charge is 0.123 e. The number of hydrogen-bond acceptors (Lipinski definition) is 3. The number of halogens is 1. The Labute approximate surface area is 87.8 Å². The molecule has 1 aromatic rings. The van der Waals surface area contributed by atoms with Crippen molar-refractivity contribution in [3.63, 3.8) is 0 Å². The van der Waals surface area contributed by atoms with E-state index < -0.39 is 12.2 Å². The second-order valence-electron chi connectivity index (χ2n) is 3.96. The van der Waals surface area contributed by atoms with Crippen molar-refractivity contribution in [1.82, 2.24) is 4.90 Å². The van der Waals surface area contributed by atoms with Gasteiger partial charge in [0.05, 0.1) is 12.2 Å². The lowest BCUT2D eigenvalue weighted by Crippen LogP contribution is -2.22. The lowest BCUT2D eigenvalue weighted by molar-refractivity contribution is 0.0572. The fourth-order valence-corrected chi connectivity index (χ4v) is 1.82. The summed E-state index contributed by atoms with van der Waals surface area (Å²) in [7, 11) is 0. The third-order valence-electron chi connectivity index (χ3n) is 2.65. The predicted octanol–water partition coefficient (Wildman–Crippen LogP) is 0.363. The first-order chi connectivity index (χ1) is 7.15. The fourth-order valence-electron chi connectivity index (χ4n) is 1.82. The molecular weight excluding hydrogens is 197 g/mol. The first-order valence-electron chi connectivity index (χ1n) is 4.98. The first kappa shape index (κ1) is 10.5. The van der Waals surface area contributed by atoms with E-state index in [0.29, 0.717) is 19.6 Å². The van der Waals surface area contributed by atoms with E-state index in [1.54, 1.807) is 12.1 Å².